The molecule has 1 N–H and O–H groups in total. The maximum atomic E-state index is 12.7. The van der Waals surface area contributed by atoms with Gasteiger partial charge in [0.1, 0.15) is 35.3 Å². The van der Waals surface area contributed by atoms with E-state index in [1.807, 2.05) is 6.07 Å². The fourth-order valence-electron chi connectivity index (χ4n) is 1.83. The summed E-state index contributed by atoms with van der Waals surface area (Å²) < 4.78 is 23.7. The molecule has 0 aliphatic carbocycles. The minimum Gasteiger partial charge on any atom is -0.508 e. The Morgan fingerprint density at radius 3 is 2.63 bits per heavy atom. The van der Waals surface area contributed by atoms with Crippen LogP contribution in [-0.2, 0) is 6.61 Å². The molecule has 0 aliphatic rings. The second kappa shape index (κ2) is 4.65. The number of fused-ring (bicyclic) bond motifs is 1. The summed E-state index contributed by atoms with van der Waals surface area (Å²) in [5.41, 5.74) is 0.609. The van der Waals surface area contributed by atoms with Gasteiger partial charge in [0.2, 0.25) is 0 Å². The van der Waals surface area contributed by atoms with Crippen molar-refractivity contribution in [1.82, 2.24) is 0 Å². The molecule has 3 aromatic rings. The van der Waals surface area contributed by atoms with Crippen LogP contribution in [0.2, 0.25) is 0 Å². The van der Waals surface area contributed by atoms with Crippen molar-refractivity contribution < 1.29 is 18.7 Å². The summed E-state index contributed by atoms with van der Waals surface area (Å²) in [7, 11) is 0. The molecule has 1 heterocycles. The van der Waals surface area contributed by atoms with Crippen LogP contribution in [0.25, 0.3) is 11.0 Å². The summed E-state index contributed by atoms with van der Waals surface area (Å²) in [4.78, 5) is 0. The van der Waals surface area contributed by atoms with E-state index >= 15 is 0 Å². The first kappa shape index (κ1) is 11.6. The third kappa shape index (κ3) is 2.52. The lowest BCUT2D eigenvalue weighted by molar-refractivity contribution is 0.274. The van der Waals surface area contributed by atoms with Crippen molar-refractivity contribution in [3.63, 3.8) is 0 Å². The first-order chi connectivity index (χ1) is 9.20. The Labute approximate surface area is 108 Å². The van der Waals surface area contributed by atoms with Gasteiger partial charge in [0.15, 0.2) is 0 Å². The molecule has 0 saturated carbocycles. The Morgan fingerprint density at radius 2 is 1.84 bits per heavy atom. The van der Waals surface area contributed by atoms with Gasteiger partial charge in [-0.3, -0.25) is 0 Å². The van der Waals surface area contributed by atoms with Gasteiger partial charge in [-0.1, -0.05) is 0 Å². The van der Waals surface area contributed by atoms with Crippen LogP contribution in [0.3, 0.4) is 0 Å². The van der Waals surface area contributed by atoms with Crippen molar-refractivity contribution in [2.24, 2.45) is 0 Å². The number of phenolic OH excluding ortho intramolecular Hbond substituents is 1. The summed E-state index contributed by atoms with van der Waals surface area (Å²) >= 11 is 0. The lowest BCUT2D eigenvalue weighted by Crippen LogP contribution is -1.93. The maximum Gasteiger partial charge on any atom is 0.146 e. The van der Waals surface area contributed by atoms with Gasteiger partial charge in [0.05, 0.1) is 0 Å². The Bertz CT molecular complexity index is 701. The van der Waals surface area contributed by atoms with Gasteiger partial charge >= 0.3 is 0 Å². The number of hydrogen-bond acceptors (Lipinski definition) is 3. The van der Waals surface area contributed by atoms with Crippen molar-refractivity contribution in [1.29, 1.82) is 0 Å². The van der Waals surface area contributed by atoms with Crippen molar-refractivity contribution in [3.05, 3.63) is 60.1 Å². The van der Waals surface area contributed by atoms with Crippen LogP contribution < -0.4 is 4.74 Å². The molecule has 0 amide bonds. The van der Waals surface area contributed by atoms with Gasteiger partial charge in [0, 0.05) is 11.5 Å². The fraction of sp³-hybridized carbons (Fsp3) is 0.0667. The molecule has 0 spiro atoms. The van der Waals surface area contributed by atoms with E-state index in [9.17, 15) is 9.50 Å². The normalized spacial score (nSPS) is 10.8. The number of ether oxygens (including phenoxy) is 1. The van der Waals surface area contributed by atoms with E-state index in [1.54, 1.807) is 30.3 Å². The topological polar surface area (TPSA) is 42.6 Å². The van der Waals surface area contributed by atoms with Crippen LogP contribution in [0.5, 0.6) is 11.5 Å². The molecule has 3 nitrogen and oxygen atoms in total. The molecular weight excluding hydrogens is 247 g/mol. The Morgan fingerprint density at radius 1 is 1.05 bits per heavy atom. The van der Waals surface area contributed by atoms with E-state index < -0.39 is 0 Å². The zero-order chi connectivity index (χ0) is 13.2. The van der Waals surface area contributed by atoms with Gasteiger partial charge in [-0.15, -0.1) is 0 Å². The quantitative estimate of drug-likeness (QED) is 0.775. The molecule has 1 aromatic heterocycles. The average Bonchev–Trinajstić information content (AvgIpc) is 2.80. The van der Waals surface area contributed by atoms with E-state index in [0.717, 1.165) is 5.39 Å². The molecule has 3 rings (SSSR count). The molecule has 0 radical (unpaired) electrons. The number of furan rings is 1. The predicted molar refractivity (Wildman–Crippen MR) is 68.6 cm³/mol. The number of phenols is 1. The highest BCUT2D eigenvalue weighted by atomic mass is 19.1. The molecule has 4 heteroatoms. The molecule has 0 fully saturated rings. The van der Waals surface area contributed by atoms with Crippen LogP contribution in [0, 0.1) is 5.82 Å². The first-order valence-corrected chi connectivity index (χ1v) is 5.80. The van der Waals surface area contributed by atoms with Gasteiger partial charge in [-0.25, -0.2) is 4.39 Å². The molecule has 2 aromatic carbocycles. The zero-order valence-electron chi connectivity index (χ0n) is 9.97. The molecule has 96 valence electrons. The van der Waals surface area contributed by atoms with E-state index in [-0.39, 0.29) is 18.2 Å². The van der Waals surface area contributed by atoms with Gasteiger partial charge in [-0.05, 0) is 42.5 Å². The second-order valence-corrected chi connectivity index (χ2v) is 4.18. The van der Waals surface area contributed by atoms with Gasteiger partial charge in [0.25, 0.3) is 0 Å². The lowest BCUT2D eigenvalue weighted by Gasteiger charge is -2.03. The van der Waals surface area contributed by atoms with Crippen molar-refractivity contribution in [3.8, 4) is 11.5 Å². The number of aromatic hydroxyl groups is 1. The van der Waals surface area contributed by atoms with Crippen LogP contribution in [-0.4, -0.2) is 5.11 Å². The van der Waals surface area contributed by atoms with E-state index in [2.05, 4.69) is 0 Å². The smallest absolute Gasteiger partial charge is 0.146 e. The lowest BCUT2D eigenvalue weighted by atomic mass is 10.2. The van der Waals surface area contributed by atoms with Gasteiger partial charge < -0.3 is 14.3 Å². The minimum atomic E-state index is -0.299. The zero-order valence-corrected chi connectivity index (χ0v) is 9.97. The highest BCUT2D eigenvalue weighted by Gasteiger charge is 2.05. The summed E-state index contributed by atoms with van der Waals surface area (Å²) in [5, 5.41) is 10.2. The second-order valence-electron chi connectivity index (χ2n) is 4.18. The average molecular weight is 258 g/mol. The number of halogens is 1. The molecule has 0 saturated heterocycles. The van der Waals surface area contributed by atoms with E-state index in [4.69, 9.17) is 9.15 Å². The van der Waals surface area contributed by atoms with E-state index in [0.29, 0.717) is 17.1 Å². The Hall–Kier alpha value is -2.49. The summed E-state index contributed by atoms with van der Waals surface area (Å²) in [5.74, 6) is 1.08. The van der Waals surface area contributed by atoms with Crippen molar-refractivity contribution >= 4 is 11.0 Å². The summed E-state index contributed by atoms with van der Waals surface area (Å²) in [6.45, 7) is 0.251. The van der Waals surface area contributed by atoms with Crippen LogP contribution in [0.4, 0.5) is 4.39 Å². The third-order valence-electron chi connectivity index (χ3n) is 2.75. The van der Waals surface area contributed by atoms with Crippen LogP contribution in [0.15, 0.2) is 52.9 Å². The number of hydrogen-bond donors (Lipinski definition) is 1. The van der Waals surface area contributed by atoms with Crippen LogP contribution in [0.1, 0.15) is 5.76 Å². The minimum absolute atomic E-state index is 0.160. The molecule has 0 atom stereocenters. The van der Waals surface area contributed by atoms with Crippen molar-refractivity contribution in [2.75, 3.05) is 0 Å². The third-order valence-corrected chi connectivity index (χ3v) is 2.75. The Balaban J connectivity index is 1.76. The monoisotopic (exact) mass is 258 g/mol. The molecule has 0 bridgehead atoms. The van der Waals surface area contributed by atoms with Crippen LogP contribution >= 0.6 is 0 Å². The largest absolute Gasteiger partial charge is 0.508 e. The molecule has 0 unspecified atom stereocenters. The highest BCUT2D eigenvalue weighted by Crippen LogP contribution is 2.24. The summed E-state index contributed by atoms with van der Waals surface area (Å²) in [6, 6.07) is 12.6. The predicted octanol–water partition coefficient (Wildman–Crippen LogP) is 3.86. The SMILES string of the molecule is Oc1ccc2cc(COc3ccc(F)cc3)oc2c1. The van der Waals surface area contributed by atoms with Crippen molar-refractivity contribution in [2.45, 2.75) is 6.61 Å². The fourth-order valence-corrected chi connectivity index (χ4v) is 1.83. The number of rotatable bonds is 3. The first-order valence-electron chi connectivity index (χ1n) is 5.80. The van der Waals surface area contributed by atoms with Gasteiger partial charge in [-0.2, -0.15) is 0 Å². The molecule has 0 aliphatic heterocycles. The highest BCUT2D eigenvalue weighted by molar-refractivity contribution is 5.79. The number of benzene rings is 2. The van der Waals surface area contributed by atoms with E-state index in [1.165, 1.54) is 12.1 Å². The standard InChI is InChI=1S/C15H11FO3/c16-11-2-5-13(6-3-11)18-9-14-7-10-1-4-12(17)8-15(10)19-14/h1-8,17H,9H2. The molecule has 19 heavy (non-hydrogen) atoms. The maximum absolute atomic E-state index is 12.7. The summed E-state index contributed by atoms with van der Waals surface area (Å²) in [6.07, 6.45) is 0. The molecular formula is C15H11FO3. The Kier molecular flexibility index (Phi) is 2.83.